The maximum absolute atomic E-state index is 12.9. The highest BCUT2D eigenvalue weighted by molar-refractivity contribution is 5.92. The van der Waals surface area contributed by atoms with Gasteiger partial charge in [-0.3, -0.25) is 10.1 Å². The van der Waals surface area contributed by atoms with Gasteiger partial charge in [0.25, 0.3) is 0 Å². The van der Waals surface area contributed by atoms with E-state index in [2.05, 4.69) is 56.9 Å². The molecule has 1 aliphatic carbocycles. The normalized spacial score (nSPS) is 25.7. The Morgan fingerprint density at radius 1 is 1.24 bits per heavy atom. The summed E-state index contributed by atoms with van der Waals surface area (Å²) in [6.45, 7) is 9.94. The van der Waals surface area contributed by atoms with Crippen molar-refractivity contribution < 1.29 is 4.79 Å². The Labute approximate surface area is 130 Å². The van der Waals surface area contributed by atoms with Crippen molar-refractivity contribution in [1.82, 2.24) is 15.1 Å². The van der Waals surface area contributed by atoms with Crippen LogP contribution in [-0.2, 0) is 4.79 Å². The van der Waals surface area contributed by atoms with Gasteiger partial charge in [-0.25, -0.2) is 0 Å². The van der Waals surface area contributed by atoms with Crippen LogP contribution in [0.1, 0.15) is 53.4 Å². The summed E-state index contributed by atoms with van der Waals surface area (Å²) >= 11 is 0. The van der Waals surface area contributed by atoms with Crippen molar-refractivity contribution in [1.29, 1.82) is 0 Å². The molecule has 2 aliphatic rings. The standard InChI is InChI=1S/C17H33N3O/c1-12(2)9-14(11-19(5)6)20-15(10-13(3)4)18-17(7-8-17)16(20)21/h12-15,18H,7-11H2,1-6H3. The molecule has 0 aromatic carbocycles. The molecule has 1 amide bonds. The van der Waals surface area contributed by atoms with Crippen molar-refractivity contribution in [3.8, 4) is 0 Å². The number of carbonyl (C=O) groups excluding carboxylic acids is 1. The van der Waals surface area contributed by atoms with Gasteiger partial charge in [0, 0.05) is 12.6 Å². The van der Waals surface area contributed by atoms with Crippen molar-refractivity contribution in [2.24, 2.45) is 11.8 Å². The average Bonchev–Trinajstić information content (AvgIpc) is 3.01. The molecule has 2 atom stereocenters. The lowest BCUT2D eigenvalue weighted by Gasteiger charge is -2.36. The first-order valence-corrected chi connectivity index (χ1v) is 8.50. The van der Waals surface area contributed by atoms with Crippen LogP contribution in [0.5, 0.6) is 0 Å². The summed E-state index contributed by atoms with van der Waals surface area (Å²) in [7, 11) is 4.21. The minimum Gasteiger partial charge on any atom is -0.321 e. The molecule has 1 saturated heterocycles. The first kappa shape index (κ1) is 16.8. The summed E-state index contributed by atoms with van der Waals surface area (Å²) in [4.78, 5) is 17.3. The fraction of sp³-hybridized carbons (Fsp3) is 0.941. The first-order valence-electron chi connectivity index (χ1n) is 8.50. The molecule has 4 heteroatoms. The van der Waals surface area contributed by atoms with Crippen LogP contribution in [0.2, 0.25) is 0 Å². The maximum Gasteiger partial charge on any atom is 0.244 e. The molecule has 2 fully saturated rings. The van der Waals surface area contributed by atoms with E-state index in [4.69, 9.17) is 0 Å². The number of carbonyl (C=O) groups is 1. The molecule has 0 bridgehead atoms. The monoisotopic (exact) mass is 295 g/mol. The summed E-state index contributed by atoms with van der Waals surface area (Å²) in [5.74, 6) is 1.57. The zero-order valence-electron chi connectivity index (χ0n) is 14.6. The largest absolute Gasteiger partial charge is 0.321 e. The van der Waals surface area contributed by atoms with E-state index in [0.717, 1.165) is 32.2 Å². The van der Waals surface area contributed by atoms with E-state index >= 15 is 0 Å². The number of nitrogens with zero attached hydrogens (tertiary/aromatic N) is 2. The van der Waals surface area contributed by atoms with Gasteiger partial charge in [0.15, 0.2) is 0 Å². The number of nitrogens with one attached hydrogen (secondary N) is 1. The maximum atomic E-state index is 12.9. The summed E-state index contributed by atoms with van der Waals surface area (Å²) in [6.07, 6.45) is 4.40. The summed E-state index contributed by atoms with van der Waals surface area (Å²) in [5, 5.41) is 3.66. The smallest absolute Gasteiger partial charge is 0.244 e. The molecule has 1 N–H and O–H groups in total. The molecule has 2 unspecified atom stereocenters. The van der Waals surface area contributed by atoms with Crippen LogP contribution in [0.25, 0.3) is 0 Å². The summed E-state index contributed by atoms with van der Waals surface area (Å²) < 4.78 is 0. The molecule has 1 aliphatic heterocycles. The number of hydrogen-bond donors (Lipinski definition) is 1. The van der Waals surface area contributed by atoms with Crippen LogP contribution in [0.15, 0.2) is 0 Å². The highest BCUT2D eigenvalue weighted by atomic mass is 16.2. The zero-order valence-corrected chi connectivity index (χ0v) is 14.6. The quantitative estimate of drug-likeness (QED) is 0.783. The zero-order chi connectivity index (χ0) is 15.8. The lowest BCUT2D eigenvalue weighted by atomic mass is 10.00. The van der Waals surface area contributed by atoms with Crippen molar-refractivity contribution in [2.45, 2.75) is 71.1 Å². The molecule has 2 rings (SSSR count). The third-order valence-corrected chi connectivity index (χ3v) is 4.58. The minimum atomic E-state index is -0.193. The van der Waals surface area contributed by atoms with Crippen molar-refractivity contribution in [2.75, 3.05) is 20.6 Å². The Balaban J connectivity index is 2.18. The fourth-order valence-electron chi connectivity index (χ4n) is 3.60. The Hall–Kier alpha value is -0.610. The van der Waals surface area contributed by atoms with E-state index in [1.165, 1.54) is 0 Å². The van der Waals surface area contributed by atoms with Gasteiger partial charge in [-0.05, 0) is 51.6 Å². The predicted octanol–water partition coefficient (Wildman–Crippen LogP) is 2.30. The molecule has 0 radical (unpaired) electrons. The van der Waals surface area contributed by atoms with Crippen LogP contribution in [0.3, 0.4) is 0 Å². The Morgan fingerprint density at radius 2 is 1.86 bits per heavy atom. The Kier molecular flexibility index (Phi) is 4.99. The molecule has 1 spiro atoms. The van der Waals surface area contributed by atoms with Gasteiger partial charge in [0.1, 0.15) is 0 Å². The fourth-order valence-corrected chi connectivity index (χ4v) is 3.60. The van der Waals surface area contributed by atoms with Gasteiger partial charge >= 0.3 is 0 Å². The molecular formula is C17H33N3O. The molecule has 0 aromatic rings. The van der Waals surface area contributed by atoms with Gasteiger partial charge < -0.3 is 9.80 Å². The van der Waals surface area contributed by atoms with Gasteiger partial charge in [0.05, 0.1) is 11.7 Å². The van der Waals surface area contributed by atoms with Crippen LogP contribution in [0.4, 0.5) is 0 Å². The molecule has 0 aromatic heterocycles. The highest BCUT2D eigenvalue weighted by Crippen LogP contribution is 2.44. The second-order valence-corrected chi connectivity index (χ2v) is 8.13. The van der Waals surface area contributed by atoms with Gasteiger partial charge in [0.2, 0.25) is 5.91 Å². The van der Waals surface area contributed by atoms with Gasteiger partial charge in [-0.2, -0.15) is 0 Å². The third-order valence-electron chi connectivity index (χ3n) is 4.58. The van der Waals surface area contributed by atoms with Crippen molar-refractivity contribution >= 4 is 5.91 Å². The number of amides is 1. The summed E-state index contributed by atoms with van der Waals surface area (Å²) in [6, 6.07) is 0.323. The van der Waals surface area contributed by atoms with E-state index in [1.54, 1.807) is 0 Å². The van der Waals surface area contributed by atoms with E-state index in [9.17, 15) is 4.79 Å². The topological polar surface area (TPSA) is 35.6 Å². The lowest BCUT2D eigenvalue weighted by Crippen LogP contribution is -2.49. The van der Waals surface area contributed by atoms with E-state index in [0.29, 0.717) is 23.8 Å². The minimum absolute atomic E-state index is 0.193. The Morgan fingerprint density at radius 3 is 2.29 bits per heavy atom. The number of likely N-dealkylation sites (N-methyl/N-ethyl adjacent to an activating group) is 1. The van der Waals surface area contributed by atoms with Crippen molar-refractivity contribution in [3.05, 3.63) is 0 Å². The van der Waals surface area contributed by atoms with Gasteiger partial charge in [-0.15, -0.1) is 0 Å². The van der Waals surface area contributed by atoms with Crippen LogP contribution in [0, 0.1) is 11.8 Å². The van der Waals surface area contributed by atoms with Crippen LogP contribution < -0.4 is 5.32 Å². The molecular weight excluding hydrogens is 262 g/mol. The van der Waals surface area contributed by atoms with Gasteiger partial charge in [-0.1, -0.05) is 27.7 Å². The lowest BCUT2D eigenvalue weighted by molar-refractivity contribution is -0.133. The second kappa shape index (κ2) is 6.25. The second-order valence-electron chi connectivity index (χ2n) is 8.13. The Bertz CT molecular complexity index is 364. The average molecular weight is 295 g/mol. The first-order chi connectivity index (χ1) is 9.75. The highest BCUT2D eigenvalue weighted by Gasteiger charge is 2.60. The van der Waals surface area contributed by atoms with E-state index < -0.39 is 0 Å². The van der Waals surface area contributed by atoms with Crippen LogP contribution >= 0.6 is 0 Å². The molecule has 1 saturated carbocycles. The molecule has 21 heavy (non-hydrogen) atoms. The number of rotatable bonds is 7. The molecule has 1 heterocycles. The van der Waals surface area contributed by atoms with E-state index in [-0.39, 0.29) is 11.7 Å². The number of hydrogen-bond acceptors (Lipinski definition) is 3. The van der Waals surface area contributed by atoms with Crippen molar-refractivity contribution in [3.63, 3.8) is 0 Å². The van der Waals surface area contributed by atoms with E-state index in [1.807, 2.05) is 0 Å². The third kappa shape index (κ3) is 3.78. The predicted molar refractivity (Wildman–Crippen MR) is 87.0 cm³/mol. The molecule has 122 valence electrons. The summed E-state index contributed by atoms with van der Waals surface area (Å²) in [5.41, 5.74) is -0.193. The van der Waals surface area contributed by atoms with Crippen LogP contribution in [-0.4, -0.2) is 54.1 Å². The SMILES string of the molecule is CC(C)CC(CN(C)C)N1C(=O)C2(CC2)NC1CC(C)C. The molecule has 4 nitrogen and oxygen atoms in total.